The monoisotopic (exact) mass is 309 g/mol. The standard InChI is InChI=1S/C18H19N3O2/c1-13(2)20-21-18(23)16(14-9-5-3-6-10-14)19-17(22)15-11-7-4-8-12-15/h3-12,16H,1-2H3,(H,19,22)(H,21,23). The van der Waals surface area contributed by atoms with Crippen molar-refractivity contribution in [1.82, 2.24) is 10.7 Å². The third-order valence-corrected chi connectivity index (χ3v) is 3.10. The zero-order chi connectivity index (χ0) is 16.7. The molecule has 0 aliphatic carbocycles. The topological polar surface area (TPSA) is 70.6 Å². The van der Waals surface area contributed by atoms with Crippen LogP contribution >= 0.6 is 0 Å². The highest BCUT2D eigenvalue weighted by Crippen LogP contribution is 2.14. The molecule has 2 aromatic carbocycles. The Morgan fingerprint density at radius 1 is 0.913 bits per heavy atom. The maximum absolute atomic E-state index is 12.4. The van der Waals surface area contributed by atoms with E-state index in [0.29, 0.717) is 11.1 Å². The molecule has 2 amide bonds. The first-order chi connectivity index (χ1) is 11.1. The fourth-order valence-corrected chi connectivity index (χ4v) is 1.98. The summed E-state index contributed by atoms with van der Waals surface area (Å²) >= 11 is 0. The number of nitrogens with zero attached hydrogens (tertiary/aromatic N) is 1. The number of hydrogen-bond donors (Lipinski definition) is 2. The highest BCUT2D eigenvalue weighted by atomic mass is 16.2. The molecular weight excluding hydrogens is 290 g/mol. The number of hydrogen-bond acceptors (Lipinski definition) is 3. The molecule has 0 saturated carbocycles. The summed E-state index contributed by atoms with van der Waals surface area (Å²) in [5.41, 5.74) is 4.38. The molecule has 2 rings (SSSR count). The Morgan fingerprint density at radius 3 is 2.04 bits per heavy atom. The maximum atomic E-state index is 12.4. The van der Waals surface area contributed by atoms with Crippen LogP contribution in [0.3, 0.4) is 0 Å². The van der Waals surface area contributed by atoms with Crippen molar-refractivity contribution in [2.24, 2.45) is 5.10 Å². The van der Waals surface area contributed by atoms with Gasteiger partial charge in [-0.3, -0.25) is 9.59 Å². The number of carbonyl (C=O) groups is 2. The van der Waals surface area contributed by atoms with Crippen molar-refractivity contribution in [2.75, 3.05) is 0 Å². The number of benzene rings is 2. The fraction of sp³-hybridized carbons (Fsp3) is 0.167. The molecule has 0 heterocycles. The van der Waals surface area contributed by atoms with Crippen molar-refractivity contribution in [1.29, 1.82) is 0 Å². The molecule has 0 aliphatic heterocycles. The smallest absolute Gasteiger partial charge is 0.267 e. The lowest BCUT2D eigenvalue weighted by atomic mass is 10.1. The van der Waals surface area contributed by atoms with E-state index in [9.17, 15) is 9.59 Å². The third-order valence-electron chi connectivity index (χ3n) is 3.10. The van der Waals surface area contributed by atoms with Crippen molar-refractivity contribution < 1.29 is 9.59 Å². The van der Waals surface area contributed by atoms with E-state index in [1.54, 1.807) is 50.2 Å². The minimum Gasteiger partial charge on any atom is -0.336 e. The Bertz CT molecular complexity index is 693. The van der Waals surface area contributed by atoms with Crippen molar-refractivity contribution in [3.63, 3.8) is 0 Å². The van der Waals surface area contributed by atoms with E-state index >= 15 is 0 Å². The van der Waals surface area contributed by atoms with Crippen molar-refractivity contribution >= 4 is 17.5 Å². The second-order valence-corrected chi connectivity index (χ2v) is 5.22. The first-order valence-electron chi connectivity index (χ1n) is 7.29. The molecular formula is C18H19N3O2. The molecule has 2 N–H and O–H groups in total. The van der Waals surface area contributed by atoms with Gasteiger partial charge in [-0.1, -0.05) is 48.5 Å². The van der Waals surface area contributed by atoms with Crippen LogP contribution in [-0.2, 0) is 4.79 Å². The Hall–Kier alpha value is -2.95. The Labute approximate surface area is 135 Å². The van der Waals surface area contributed by atoms with Crippen LogP contribution in [0.5, 0.6) is 0 Å². The second-order valence-electron chi connectivity index (χ2n) is 5.22. The average Bonchev–Trinajstić information content (AvgIpc) is 2.59. The van der Waals surface area contributed by atoms with E-state index < -0.39 is 6.04 Å². The van der Waals surface area contributed by atoms with E-state index in [4.69, 9.17) is 0 Å². The van der Waals surface area contributed by atoms with Gasteiger partial charge in [0.15, 0.2) is 0 Å². The summed E-state index contributed by atoms with van der Waals surface area (Å²) in [6, 6.07) is 17.0. The van der Waals surface area contributed by atoms with Gasteiger partial charge in [0.1, 0.15) is 6.04 Å². The lowest BCUT2D eigenvalue weighted by molar-refractivity contribution is -0.123. The molecule has 23 heavy (non-hydrogen) atoms. The minimum atomic E-state index is -0.813. The summed E-state index contributed by atoms with van der Waals surface area (Å²) in [6.07, 6.45) is 0. The molecule has 0 aromatic heterocycles. The van der Waals surface area contributed by atoms with Crippen LogP contribution in [-0.4, -0.2) is 17.5 Å². The average molecular weight is 309 g/mol. The normalized spacial score (nSPS) is 11.2. The first-order valence-corrected chi connectivity index (χ1v) is 7.29. The zero-order valence-corrected chi connectivity index (χ0v) is 13.1. The number of carbonyl (C=O) groups excluding carboxylic acids is 2. The molecule has 5 nitrogen and oxygen atoms in total. The van der Waals surface area contributed by atoms with Crippen LogP contribution in [0.15, 0.2) is 65.8 Å². The van der Waals surface area contributed by atoms with Crippen molar-refractivity contribution in [2.45, 2.75) is 19.9 Å². The molecule has 5 heteroatoms. The van der Waals surface area contributed by atoms with E-state index in [1.165, 1.54) is 0 Å². The molecule has 0 fully saturated rings. The Morgan fingerprint density at radius 2 is 1.48 bits per heavy atom. The van der Waals surface area contributed by atoms with Gasteiger partial charge in [0, 0.05) is 11.3 Å². The lowest BCUT2D eigenvalue weighted by Gasteiger charge is -2.17. The molecule has 0 aliphatic rings. The Kier molecular flexibility index (Phi) is 5.63. The van der Waals surface area contributed by atoms with E-state index in [2.05, 4.69) is 15.8 Å². The molecule has 0 saturated heterocycles. The fourth-order valence-electron chi connectivity index (χ4n) is 1.98. The van der Waals surface area contributed by atoms with Gasteiger partial charge >= 0.3 is 0 Å². The number of hydrazone groups is 1. The van der Waals surface area contributed by atoms with Gasteiger partial charge in [-0.2, -0.15) is 5.10 Å². The zero-order valence-electron chi connectivity index (χ0n) is 13.1. The van der Waals surface area contributed by atoms with E-state index in [0.717, 1.165) is 5.71 Å². The lowest BCUT2D eigenvalue weighted by Crippen LogP contribution is -2.39. The minimum absolute atomic E-state index is 0.313. The summed E-state index contributed by atoms with van der Waals surface area (Å²) in [5.74, 6) is -0.700. The van der Waals surface area contributed by atoms with Crippen molar-refractivity contribution in [3.8, 4) is 0 Å². The maximum Gasteiger partial charge on any atom is 0.267 e. The van der Waals surface area contributed by atoms with E-state index in [1.807, 2.05) is 24.3 Å². The summed E-state index contributed by atoms with van der Waals surface area (Å²) in [4.78, 5) is 24.7. The van der Waals surface area contributed by atoms with Gasteiger partial charge in [-0.15, -0.1) is 0 Å². The van der Waals surface area contributed by atoms with Gasteiger partial charge in [0.05, 0.1) is 0 Å². The summed E-state index contributed by atoms with van der Waals surface area (Å²) < 4.78 is 0. The molecule has 0 bridgehead atoms. The second kappa shape index (κ2) is 7.89. The van der Waals surface area contributed by atoms with Crippen LogP contribution in [0.25, 0.3) is 0 Å². The predicted octanol–water partition coefficient (Wildman–Crippen LogP) is 2.67. The molecule has 118 valence electrons. The highest BCUT2D eigenvalue weighted by molar-refractivity contribution is 5.98. The van der Waals surface area contributed by atoms with Gasteiger partial charge in [0.2, 0.25) is 0 Å². The number of rotatable bonds is 5. The van der Waals surface area contributed by atoms with E-state index in [-0.39, 0.29) is 11.8 Å². The number of amides is 2. The van der Waals surface area contributed by atoms with Gasteiger partial charge < -0.3 is 5.32 Å². The Balaban J connectivity index is 2.22. The predicted molar refractivity (Wildman–Crippen MR) is 90.0 cm³/mol. The highest BCUT2D eigenvalue weighted by Gasteiger charge is 2.23. The first kappa shape index (κ1) is 16.4. The van der Waals surface area contributed by atoms with Gasteiger partial charge in [0.25, 0.3) is 11.8 Å². The van der Waals surface area contributed by atoms with Crippen LogP contribution < -0.4 is 10.7 Å². The van der Waals surface area contributed by atoms with Gasteiger partial charge in [-0.05, 0) is 31.5 Å². The summed E-state index contributed by atoms with van der Waals surface area (Å²) in [6.45, 7) is 3.56. The summed E-state index contributed by atoms with van der Waals surface area (Å²) in [5, 5.41) is 6.67. The van der Waals surface area contributed by atoms with Crippen LogP contribution in [0.1, 0.15) is 35.8 Å². The summed E-state index contributed by atoms with van der Waals surface area (Å²) in [7, 11) is 0. The molecule has 0 spiro atoms. The molecule has 1 unspecified atom stereocenters. The molecule has 2 aromatic rings. The largest absolute Gasteiger partial charge is 0.336 e. The SMILES string of the molecule is CC(C)=NNC(=O)C(NC(=O)c1ccccc1)c1ccccc1. The quantitative estimate of drug-likeness (QED) is 0.658. The van der Waals surface area contributed by atoms with Crippen LogP contribution in [0.4, 0.5) is 0 Å². The third kappa shape index (κ3) is 4.78. The number of nitrogens with one attached hydrogen (secondary N) is 2. The molecule has 1 atom stereocenters. The molecule has 0 radical (unpaired) electrons. The van der Waals surface area contributed by atoms with Crippen LogP contribution in [0, 0.1) is 0 Å². The van der Waals surface area contributed by atoms with Crippen molar-refractivity contribution in [3.05, 3.63) is 71.8 Å². The van der Waals surface area contributed by atoms with Gasteiger partial charge in [-0.25, -0.2) is 5.43 Å². The van der Waals surface area contributed by atoms with Crippen LogP contribution in [0.2, 0.25) is 0 Å².